The van der Waals surface area contributed by atoms with Gasteiger partial charge in [0.1, 0.15) is 17.3 Å². The number of phenols is 1. The minimum atomic E-state index is -1.09. The highest BCUT2D eigenvalue weighted by molar-refractivity contribution is 7.22. The summed E-state index contributed by atoms with van der Waals surface area (Å²) < 4.78 is 24.7. The van der Waals surface area contributed by atoms with Crippen LogP contribution in [0.1, 0.15) is 17.2 Å². The van der Waals surface area contributed by atoms with E-state index >= 15 is 0 Å². The minimum absolute atomic E-state index is 0.119. The number of phenolic OH excluding ortho intramolecular Hbond substituents is 1. The quantitative estimate of drug-likeness (QED) is 0.228. The number of anilines is 1. The number of aromatic nitrogens is 1. The molecule has 10 heteroatoms. The van der Waals surface area contributed by atoms with E-state index in [0.717, 1.165) is 11.3 Å². The average Bonchev–Trinajstić information content (AvgIpc) is 3.41. The molecule has 36 heavy (non-hydrogen) atoms. The molecule has 2 heterocycles. The lowest BCUT2D eigenvalue weighted by atomic mass is 9.95. The Morgan fingerprint density at radius 1 is 1.03 bits per heavy atom. The first-order valence-electron chi connectivity index (χ1n) is 10.7. The molecule has 8 nitrogen and oxygen atoms in total. The highest BCUT2D eigenvalue weighted by Gasteiger charge is 2.48. The standard InChI is InChI=1S/C26H19FN2O6S/c1-34-16-7-3-13(4-8-16)23(31)21-22(14-5-10-18(30)19(11-14)35-2)29(25(33)24(21)32)26-28-17-9-6-15(27)12-20(17)36-26/h3-12,22,30-31H,1-2H3. The number of rotatable bonds is 5. The Bertz CT molecular complexity index is 1550. The van der Waals surface area contributed by atoms with Crippen molar-refractivity contribution in [2.24, 2.45) is 0 Å². The number of carbonyl (C=O) groups excluding carboxylic acids is 2. The van der Waals surface area contributed by atoms with Crippen molar-refractivity contribution in [2.75, 3.05) is 19.1 Å². The fourth-order valence-electron chi connectivity index (χ4n) is 4.10. The Kier molecular flexibility index (Phi) is 5.81. The highest BCUT2D eigenvalue weighted by Crippen LogP contribution is 2.45. The van der Waals surface area contributed by atoms with Crippen LogP contribution in [0.4, 0.5) is 9.52 Å². The summed E-state index contributed by atoms with van der Waals surface area (Å²) in [6.45, 7) is 0. The number of aliphatic hydroxyl groups excluding tert-OH is 1. The summed E-state index contributed by atoms with van der Waals surface area (Å²) in [5.41, 5.74) is 0.985. The fraction of sp³-hybridized carbons (Fsp3) is 0.115. The van der Waals surface area contributed by atoms with E-state index in [4.69, 9.17) is 9.47 Å². The number of hydrogen-bond acceptors (Lipinski definition) is 8. The van der Waals surface area contributed by atoms with Gasteiger partial charge in [-0.15, -0.1) is 0 Å². The topological polar surface area (TPSA) is 109 Å². The molecule has 0 radical (unpaired) electrons. The number of methoxy groups -OCH3 is 2. The first kappa shape index (κ1) is 23.3. The lowest BCUT2D eigenvalue weighted by molar-refractivity contribution is -0.132. The number of fused-ring (bicyclic) bond motifs is 1. The number of amides is 1. The molecule has 1 unspecified atom stereocenters. The molecular formula is C26H19FN2O6S. The number of thiazole rings is 1. The van der Waals surface area contributed by atoms with E-state index in [0.29, 0.717) is 27.1 Å². The van der Waals surface area contributed by atoms with Crippen molar-refractivity contribution < 1.29 is 33.7 Å². The van der Waals surface area contributed by atoms with Gasteiger partial charge in [0.15, 0.2) is 16.6 Å². The molecule has 3 aromatic carbocycles. The Morgan fingerprint density at radius 3 is 2.47 bits per heavy atom. The molecule has 182 valence electrons. The van der Waals surface area contributed by atoms with Crippen LogP contribution in [0.3, 0.4) is 0 Å². The maximum atomic E-state index is 13.8. The third-order valence-electron chi connectivity index (χ3n) is 5.87. The van der Waals surface area contributed by atoms with Crippen molar-refractivity contribution in [3.63, 3.8) is 0 Å². The van der Waals surface area contributed by atoms with Crippen molar-refractivity contribution in [1.29, 1.82) is 0 Å². The summed E-state index contributed by atoms with van der Waals surface area (Å²) in [6.07, 6.45) is 0. The number of nitrogens with zero attached hydrogens (tertiary/aromatic N) is 2. The van der Waals surface area contributed by atoms with Crippen LogP contribution in [-0.2, 0) is 9.59 Å². The van der Waals surface area contributed by atoms with E-state index in [1.807, 2.05) is 0 Å². The molecule has 1 fully saturated rings. The Labute approximate surface area is 208 Å². The summed E-state index contributed by atoms with van der Waals surface area (Å²) in [5.74, 6) is -2.12. The minimum Gasteiger partial charge on any atom is -0.507 e. The molecule has 1 aliphatic heterocycles. The number of aliphatic hydroxyl groups is 1. The third kappa shape index (κ3) is 3.81. The molecule has 1 atom stereocenters. The van der Waals surface area contributed by atoms with Gasteiger partial charge in [0.05, 0.1) is 36.1 Å². The zero-order valence-corrected chi connectivity index (χ0v) is 19.9. The van der Waals surface area contributed by atoms with Crippen LogP contribution in [0, 0.1) is 5.82 Å². The van der Waals surface area contributed by atoms with E-state index < -0.39 is 23.5 Å². The van der Waals surface area contributed by atoms with Gasteiger partial charge in [0.25, 0.3) is 5.78 Å². The van der Waals surface area contributed by atoms with E-state index in [1.165, 1.54) is 55.5 Å². The van der Waals surface area contributed by atoms with Gasteiger partial charge in [-0.25, -0.2) is 9.37 Å². The second-order valence-corrected chi connectivity index (χ2v) is 8.95. The number of ketones is 1. The molecule has 1 amide bonds. The van der Waals surface area contributed by atoms with Crippen molar-refractivity contribution in [1.82, 2.24) is 4.98 Å². The zero-order chi connectivity index (χ0) is 25.6. The molecule has 1 saturated heterocycles. The predicted octanol–water partition coefficient (Wildman–Crippen LogP) is 4.78. The van der Waals surface area contributed by atoms with Gasteiger partial charge in [-0.3, -0.25) is 14.5 Å². The van der Waals surface area contributed by atoms with Crippen LogP contribution in [0.2, 0.25) is 0 Å². The lowest BCUT2D eigenvalue weighted by Crippen LogP contribution is -2.29. The summed E-state index contributed by atoms with van der Waals surface area (Å²) in [7, 11) is 2.87. The SMILES string of the molecule is COc1ccc(C(O)=C2C(=O)C(=O)N(c3nc4ccc(F)cc4s3)C2c2ccc(O)c(OC)c2)cc1. The molecule has 1 aliphatic rings. The monoisotopic (exact) mass is 506 g/mol. The van der Waals surface area contributed by atoms with Gasteiger partial charge in [0.2, 0.25) is 0 Å². The smallest absolute Gasteiger partial charge is 0.301 e. The molecular weight excluding hydrogens is 487 g/mol. The third-order valence-corrected chi connectivity index (χ3v) is 6.89. The van der Waals surface area contributed by atoms with Gasteiger partial charge in [0, 0.05) is 5.56 Å². The van der Waals surface area contributed by atoms with Gasteiger partial charge >= 0.3 is 5.91 Å². The van der Waals surface area contributed by atoms with Crippen LogP contribution < -0.4 is 14.4 Å². The number of benzene rings is 3. The van der Waals surface area contributed by atoms with Crippen LogP contribution >= 0.6 is 11.3 Å². The zero-order valence-electron chi connectivity index (χ0n) is 19.1. The van der Waals surface area contributed by atoms with Crippen molar-refractivity contribution in [3.8, 4) is 17.2 Å². The maximum absolute atomic E-state index is 13.8. The lowest BCUT2D eigenvalue weighted by Gasteiger charge is -2.23. The van der Waals surface area contributed by atoms with Gasteiger partial charge in [-0.2, -0.15) is 0 Å². The van der Waals surface area contributed by atoms with E-state index in [9.17, 15) is 24.2 Å². The van der Waals surface area contributed by atoms with Gasteiger partial charge < -0.3 is 19.7 Å². The van der Waals surface area contributed by atoms with E-state index in [-0.39, 0.29) is 28.0 Å². The first-order valence-corrected chi connectivity index (χ1v) is 11.5. The Hall–Kier alpha value is -4.44. The number of carbonyl (C=O) groups is 2. The Balaban J connectivity index is 1.73. The molecule has 0 spiro atoms. The van der Waals surface area contributed by atoms with E-state index in [1.54, 1.807) is 24.3 Å². The molecule has 4 aromatic rings. The summed E-state index contributed by atoms with van der Waals surface area (Å²) in [4.78, 5) is 32.2. The number of Topliss-reactive ketones (excluding diaryl/α,β-unsaturated/α-hetero) is 1. The summed E-state index contributed by atoms with van der Waals surface area (Å²) in [6, 6.07) is 13.7. The van der Waals surface area contributed by atoms with Crippen LogP contribution in [0.15, 0.2) is 66.2 Å². The average molecular weight is 507 g/mol. The van der Waals surface area contributed by atoms with E-state index in [2.05, 4.69) is 4.98 Å². The number of halogens is 1. The number of hydrogen-bond donors (Lipinski definition) is 2. The highest BCUT2D eigenvalue weighted by atomic mass is 32.1. The van der Waals surface area contributed by atoms with Crippen molar-refractivity contribution in [3.05, 3.63) is 83.2 Å². The molecule has 0 aliphatic carbocycles. The second-order valence-electron chi connectivity index (χ2n) is 7.94. The first-order chi connectivity index (χ1) is 17.3. The summed E-state index contributed by atoms with van der Waals surface area (Å²) in [5, 5.41) is 21.5. The molecule has 0 saturated carbocycles. The Morgan fingerprint density at radius 2 is 1.78 bits per heavy atom. The largest absolute Gasteiger partial charge is 0.507 e. The molecule has 1 aromatic heterocycles. The fourth-order valence-corrected chi connectivity index (χ4v) is 5.12. The van der Waals surface area contributed by atoms with Gasteiger partial charge in [-0.05, 0) is 60.2 Å². The van der Waals surface area contributed by atoms with Crippen LogP contribution in [0.5, 0.6) is 17.2 Å². The van der Waals surface area contributed by atoms with Crippen molar-refractivity contribution in [2.45, 2.75) is 6.04 Å². The van der Waals surface area contributed by atoms with Crippen LogP contribution in [-0.4, -0.2) is 41.1 Å². The molecule has 2 N–H and O–H groups in total. The molecule has 5 rings (SSSR count). The normalized spacial score (nSPS) is 17.1. The van der Waals surface area contributed by atoms with Crippen molar-refractivity contribution >= 4 is 44.1 Å². The maximum Gasteiger partial charge on any atom is 0.301 e. The molecule has 0 bridgehead atoms. The summed E-state index contributed by atoms with van der Waals surface area (Å²) >= 11 is 1.04. The second kappa shape index (κ2) is 8.97. The van der Waals surface area contributed by atoms with Gasteiger partial charge in [-0.1, -0.05) is 17.4 Å². The predicted molar refractivity (Wildman–Crippen MR) is 132 cm³/mol. The van der Waals surface area contributed by atoms with Crippen LogP contribution in [0.25, 0.3) is 16.0 Å². The number of ether oxygens (including phenoxy) is 2. The number of aromatic hydroxyl groups is 1.